The fourth-order valence-electron chi connectivity index (χ4n) is 0.966. The number of nitro benzene ring substituents is 1. The first-order valence-electron chi connectivity index (χ1n) is 6.26. The van der Waals surface area contributed by atoms with Crippen LogP contribution in [0.1, 0.15) is 19.3 Å². The largest absolute Gasteiger partial charge is 0.508 e. The maximum Gasteiger partial charge on any atom is 0.270 e. The number of nitrogens with one attached hydrogen (secondary N) is 1. The van der Waals surface area contributed by atoms with E-state index in [-0.39, 0.29) is 23.5 Å². The summed E-state index contributed by atoms with van der Waals surface area (Å²) in [6.07, 6.45) is 0. The van der Waals surface area contributed by atoms with Crippen molar-refractivity contribution in [3.8, 4) is 5.75 Å². The lowest BCUT2D eigenvalue weighted by atomic mass is 10.2. The zero-order chi connectivity index (χ0) is 14.8. The summed E-state index contributed by atoms with van der Waals surface area (Å²) in [4.78, 5) is 9.90. The molecule has 0 radical (unpaired) electrons. The third-order valence-electron chi connectivity index (χ3n) is 1.64. The van der Waals surface area contributed by atoms with Gasteiger partial charge in [-0.05, 0) is 12.6 Å². The summed E-state index contributed by atoms with van der Waals surface area (Å²) in [6.45, 7) is -5.90. The Morgan fingerprint density at radius 1 is 1.79 bits per heavy atom. The second-order valence-corrected chi connectivity index (χ2v) is 2.55. The van der Waals surface area contributed by atoms with Crippen molar-refractivity contribution in [3.63, 3.8) is 0 Å². The highest BCUT2D eigenvalue weighted by atomic mass is 16.6. The minimum absolute atomic E-state index is 0.0438. The van der Waals surface area contributed by atoms with E-state index in [4.69, 9.17) is 6.85 Å². The first-order valence-corrected chi connectivity index (χ1v) is 3.76. The number of nitrogens with zero attached hydrogens (tertiary/aromatic N) is 1. The molecule has 0 aliphatic heterocycles. The summed E-state index contributed by atoms with van der Waals surface area (Å²) >= 11 is 0. The van der Waals surface area contributed by atoms with E-state index in [2.05, 4.69) is 5.32 Å². The van der Waals surface area contributed by atoms with Gasteiger partial charge in [-0.2, -0.15) is 0 Å². The molecule has 5 nitrogen and oxygen atoms in total. The van der Waals surface area contributed by atoms with Crippen molar-refractivity contribution in [1.29, 1.82) is 0 Å². The van der Waals surface area contributed by atoms with E-state index in [1.165, 1.54) is 0 Å². The smallest absolute Gasteiger partial charge is 0.270 e. The molecule has 76 valence electrons. The first kappa shape index (κ1) is 5.31. The minimum atomic E-state index is -2.89. The van der Waals surface area contributed by atoms with Crippen LogP contribution in [0.4, 0.5) is 5.69 Å². The van der Waals surface area contributed by atoms with Crippen LogP contribution in [0, 0.1) is 10.1 Å². The monoisotopic (exact) mass is 201 g/mol. The molecule has 0 bridgehead atoms. The first-order chi connectivity index (χ1) is 8.54. The Hall–Kier alpha value is -1.62. The van der Waals surface area contributed by atoms with Gasteiger partial charge in [-0.3, -0.25) is 10.1 Å². The molecule has 0 amide bonds. The zero-order valence-corrected chi connectivity index (χ0v) is 7.15. The number of phenolic OH excluding ortho intramolecular Hbond substituents is 1. The topological polar surface area (TPSA) is 75.4 Å². The second kappa shape index (κ2) is 4.57. The third-order valence-corrected chi connectivity index (χ3v) is 1.64. The Balaban J connectivity index is 2.89. The Morgan fingerprint density at radius 3 is 3.21 bits per heavy atom. The number of rotatable bonds is 4. The zero-order valence-electron chi connectivity index (χ0n) is 12.2. The molecule has 1 aromatic rings. The van der Waals surface area contributed by atoms with Crippen molar-refractivity contribution < 1.29 is 16.9 Å². The van der Waals surface area contributed by atoms with E-state index in [0.29, 0.717) is 0 Å². The number of non-ortho nitro benzene ring substituents is 1. The van der Waals surface area contributed by atoms with Crippen molar-refractivity contribution >= 4 is 5.69 Å². The average Bonchev–Trinajstić information content (AvgIpc) is 2.26. The Morgan fingerprint density at radius 2 is 2.57 bits per heavy atom. The van der Waals surface area contributed by atoms with E-state index < -0.39 is 18.3 Å². The maximum absolute atomic E-state index is 10.6. The lowest BCUT2D eigenvalue weighted by Crippen LogP contribution is -2.11. The Kier molecular flexibility index (Phi) is 1.73. The molecule has 0 spiro atoms. The lowest BCUT2D eigenvalue weighted by Gasteiger charge is -2.04. The van der Waals surface area contributed by atoms with Gasteiger partial charge in [-0.15, -0.1) is 0 Å². The second-order valence-electron chi connectivity index (χ2n) is 2.55. The highest BCUT2D eigenvalue weighted by Crippen LogP contribution is 2.22. The number of hydrogen-bond donors (Lipinski definition) is 2. The molecule has 0 heterocycles. The molecule has 5 heteroatoms. The van der Waals surface area contributed by atoms with E-state index in [0.717, 1.165) is 18.2 Å². The fourth-order valence-corrected chi connectivity index (χ4v) is 0.966. The van der Waals surface area contributed by atoms with Gasteiger partial charge >= 0.3 is 0 Å². The van der Waals surface area contributed by atoms with Crippen LogP contribution < -0.4 is 5.32 Å². The van der Waals surface area contributed by atoms with E-state index in [1.807, 2.05) is 0 Å². The molecule has 0 saturated heterocycles. The van der Waals surface area contributed by atoms with Gasteiger partial charge in [0.25, 0.3) is 5.69 Å². The van der Waals surface area contributed by atoms with Crippen molar-refractivity contribution in [1.82, 2.24) is 5.32 Å². The quantitative estimate of drug-likeness (QED) is 0.570. The maximum atomic E-state index is 10.6. The highest BCUT2D eigenvalue weighted by molar-refractivity contribution is 5.42. The predicted octanol–water partition coefficient (Wildman–Crippen LogP) is 1.41. The lowest BCUT2D eigenvalue weighted by molar-refractivity contribution is -0.384. The number of nitro groups is 1. The van der Waals surface area contributed by atoms with Crippen molar-refractivity contribution in [3.05, 3.63) is 33.9 Å². The van der Waals surface area contributed by atoms with E-state index in [1.54, 1.807) is 0 Å². The molecular formula is C9H12N2O3. The average molecular weight is 201 g/mol. The third kappa shape index (κ3) is 2.43. The predicted molar refractivity (Wildman–Crippen MR) is 52.1 cm³/mol. The summed E-state index contributed by atoms with van der Waals surface area (Å²) in [5, 5.41) is 22.2. The summed E-state index contributed by atoms with van der Waals surface area (Å²) in [5.74, 6) is -0.278. The van der Waals surface area contributed by atoms with Gasteiger partial charge in [0.1, 0.15) is 5.75 Å². The normalized spacial score (nSPS) is 17.3. The van der Waals surface area contributed by atoms with Crippen LogP contribution >= 0.6 is 0 Å². The van der Waals surface area contributed by atoms with E-state index in [9.17, 15) is 15.2 Å². The van der Waals surface area contributed by atoms with Crippen molar-refractivity contribution in [2.75, 3.05) is 6.50 Å². The standard InChI is InChI=1S/C9H12N2O3/c1-2-10-6-7-5-8(11(13)14)3-4-9(7)12/h3-5,10,12H,2,6H2,1H3/i1D3,2D2. The number of hydrogen-bond acceptors (Lipinski definition) is 4. The van der Waals surface area contributed by atoms with Crippen LogP contribution in [-0.4, -0.2) is 16.5 Å². The molecule has 0 atom stereocenters. The van der Waals surface area contributed by atoms with Crippen molar-refractivity contribution in [2.24, 2.45) is 0 Å². The van der Waals surface area contributed by atoms with Crippen LogP contribution in [-0.2, 0) is 6.54 Å². The molecule has 0 aliphatic carbocycles. The molecule has 0 aromatic heterocycles. The van der Waals surface area contributed by atoms with Crippen LogP contribution in [0.3, 0.4) is 0 Å². The fraction of sp³-hybridized carbons (Fsp3) is 0.333. The van der Waals surface area contributed by atoms with Gasteiger partial charge < -0.3 is 10.4 Å². The van der Waals surface area contributed by atoms with Crippen molar-refractivity contribution in [2.45, 2.75) is 13.4 Å². The Bertz CT molecular complexity index is 489. The van der Waals surface area contributed by atoms with Crippen LogP contribution in [0.5, 0.6) is 5.75 Å². The molecule has 1 aromatic carbocycles. The summed E-state index contributed by atoms with van der Waals surface area (Å²) in [6, 6.07) is 3.25. The molecule has 0 fully saturated rings. The van der Waals surface area contributed by atoms with E-state index >= 15 is 0 Å². The summed E-state index contributed by atoms with van der Waals surface area (Å²) in [5.41, 5.74) is -0.230. The van der Waals surface area contributed by atoms with Gasteiger partial charge in [-0.25, -0.2) is 0 Å². The molecule has 14 heavy (non-hydrogen) atoms. The molecular weight excluding hydrogens is 184 g/mol. The number of aromatic hydroxyl groups is 1. The number of benzene rings is 1. The van der Waals surface area contributed by atoms with Gasteiger partial charge in [0.05, 0.1) is 4.92 Å². The van der Waals surface area contributed by atoms with Gasteiger partial charge in [0.15, 0.2) is 0 Å². The molecule has 0 saturated carbocycles. The minimum Gasteiger partial charge on any atom is -0.508 e. The highest BCUT2D eigenvalue weighted by Gasteiger charge is 2.09. The number of phenols is 1. The van der Waals surface area contributed by atoms with Crippen LogP contribution in [0.2, 0.25) is 0 Å². The van der Waals surface area contributed by atoms with Gasteiger partial charge in [0.2, 0.25) is 0 Å². The molecule has 2 N–H and O–H groups in total. The molecule has 1 rings (SSSR count). The van der Waals surface area contributed by atoms with Gasteiger partial charge in [-0.1, -0.05) is 6.85 Å². The molecule has 0 aliphatic rings. The molecule has 0 unspecified atom stereocenters. The SMILES string of the molecule is [2H]C([2H])([2H])C([2H])([2H])NCc1cc([N+](=O)[O-])ccc1O. The van der Waals surface area contributed by atoms with Crippen LogP contribution in [0.25, 0.3) is 0 Å². The summed E-state index contributed by atoms with van der Waals surface area (Å²) in [7, 11) is 0. The van der Waals surface area contributed by atoms with Gasteiger partial charge in [0, 0.05) is 31.1 Å². The van der Waals surface area contributed by atoms with Crippen LogP contribution in [0.15, 0.2) is 18.2 Å². The summed E-state index contributed by atoms with van der Waals surface area (Å²) < 4.78 is 35.6. The Labute approximate surface area is 88.5 Å².